The molecule has 0 aliphatic heterocycles. The second-order valence-electron chi connectivity index (χ2n) is 13.0. The van der Waals surface area contributed by atoms with Crippen LogP contribution < -0.4 is 0 Å². The molecule has 2 aliphatic carbocycles. The fourth-order valence-electron chi connectivity index (χ4n) is 6.39. The van der Waals surface area contributed by atoms with Gasteiger partial charge in [0.2, 0.25) is 0 Å². The lowest BCUT2D eigenvalue weighted by Crippen LogP contribution is -2.23. The fraction of sp³-hybridized carbons (Fsp3) is 0.714. The minimum absolute atomic E-state index is 0.389. The third kappa shape index (κ3) is 10.2. The van der Waals surface area contributed by atoms with E-state index in [0.29, 0.717) is 11.3 Å². The first kappa shape index (κ1) is 30.9. The Hall–Kier alpha value is -1.34. The third-order valence-electron chi connectivity index (χ3n) is 9.22. The van der Waals surface area contributed by atoms with Gasteiger partial charge < -0.3 is 5.11 Å². The minimum Gasteiger partial charge on any atom is -0.390 e. The van der Waals surface area contributed by atoms with Gasteiger partial charge in [0.15, 0.2) is 0 Å². The van der Waals surface area contributed by atoms with E-state index in [-0.39, 0.29) is 5.60 Å². The predicted molar refractivity (Wildman–Crippen MR) is 160 cm³/mol. The van der Waals surface area contributed by atoms with Crippen molar-refractivity contribution in [3.05, 3.63) is 58.2 Å². The highest BCUT2D eigenvalue weighted by molar-refractivity contribution is 5.17. The van der Waals surface area contributed by atoms with Crippen LogP contribution in [0.4, 0.5) is 0 Å². The van der Waals surface area contributed by atoms with Crippen molar-refractivity contribution < 1.29 is 5.11 Å². The summed E-state index contributed by atoms with van der Waals surface area (Å²) in [6.07, 6.45) is 27.5. The molecule has 0 aromatic carbocycles. The van der Waals surface area contributed by atoms with Gasteiger partial charge in [0.25, 0.3) is 0 Å². The smallest absolute Gasteiger partial charge is 0.0653 e. The van der Waals surface area contributed by atoms with Crippen molar-refractivity contribution in [2.45, 2.75) is 144 Å². The number of aliphatic hydroxyl groups is 1. The van der Waals surface area contributed by atoms with Gasteiger partial charge in [-0.25, -0.2) is 0 Å². The van der Waals surface area contributed by atoms with Crippen molar-refractivity contribution in [3.63, 3.8) is 0 Å². The average molecular weight is 495 g/mol. The number of hydrogen-bond donors (Lipinski definition) is 1. The molecule has 36 heavy (non-hydrogen) atoms. The summed E-state index contributed by atoms with van der Waals surface area (Å²) < 4.78 is 0. The van der Waals surface area contributed by atoms with Crippen molar-refractivity contribution in [3.8, 4) is 0 Å². The Morgan fingerprint density at radius 3 is 1.47 bits per heavy atom. The standard InChI is InChI=1S/C35H58O/c1-27(2)14-9-15-28(3)16-10-17-29(4)18-11-19-30(5)20-12-21-31(6)22-13-23-32(7)35-25-24-34(8,36)33(35)26-35/h14,16,18,20,22,32-33,36H,9-13,15,17,19,21,23-26H2,1-8H3/b28-16+,29-18+,30-20+,31-22+. The molecule has 0 radical (unpaired) electrons. The Morgan fingerprint density at radius 2 is 1.11 bits per heavy atom. The number of hydrogen-bond acceptors (Lipinski definition) is 1. The molecule has 1 nitrogen and oxygen atoms in total. The molecule has 4 unspecified atom stereocenters. The van der Waals surface area contributed by atoms with Crippen LogP contribution in [-0.2, 0) is 0 Å². The minimum atomic E-state index is -0.389. The molecule has 2 aliphatic rings. The topological polar surface area (TPSA) is 20.2 Å². The van der Waals surface area contributed by atoms with E-state index in [9.17, 15) is 5.11 Å². The lowest BCUT2D eigenvalue weighted by molar-refractivity contribution is 0.0423. The summed E-state index contributed by atoms with van der Waals surface area (Å²) in [5, 5.41) is 10.5. The molecule has 0 bridgehead atoms. The number of rotatable bonds is 16. The van der Waals surface area contributed by atoms with Crippen LogP contribution in [0.2, 0.25) is 0 Å². The summed E-state index contributed by atoms with van der Waals surface area (Å²) in [6.45, 7) is 18.0. The molecule has 0 amide bonds. The normalized spacial score (nSPS) is 27.8. The van der Waals surface area contributed by atoms with Crippen LogP contribution in [0.25, 0.3) is 0 Å². The Labute approximate surface area is 224 Å². The summed E-state index contributed by atoms with van der Waals surface area (Å²) in [7, 11) is 0. The summed E-state index contributed by atoms with van der Waals surface area (Å²) in [6, 6.07) is 0. The van der Waals surface area contributed by atoms with Crippen molar-refractivity contribution in [1.82, 2.24) is 0 Å². The first-order valence-electron chi connectivity index (χ1n) is 14.9. The molecular formula is C35H58O. The first-order chi connectivity index (χ1) is 17.0. The molecule has 0 aromatic heterocycles. The van der Waals surface area contributed by atoms with E-state index in [1.807, 2.05) is 0 Å². The molecular weight excluding hydrogens is 436 g/mol. The predicted octanol–water partition coefficient (Wildman–Crippen LogP) is 10.8. The van der Waals surface area contributed by atoms with E-state index in [1.54, 1.807) is 0 Å². The second kappa shape index (κ2) is 14.6. The first-order valence-corrected chi connectivity index (χ1v) is 14.9. The maximum atomic E-state index is 10.5. The Bertz CT molecular complexity index is 842. The molecule has 0 spiro atoms. The number of fused-ring (bicyclic) bond motifs is 1. The van der Waals surface area contributed by atoms with Crippen LogP contribution in [0.15, 0.2) is 58.2 Å². The van der Waals surface area contributed by atoms with E-state index in [2.05, 4.69) is 85.8 Å². The molecule has 2 fully saturated rings. The molecule has 1 heteroatoms. The highest BCUT2D eigenvalue weighted by Crippen LogP contribution is 2.71. The van der Waals surface area contributed by atoms with Gasteiger partial charge in [-0.05, 0) is 149 Å². The lowest BCUT2D eigenvalue weighted by Gasteiger charge is -2.21. The van der Waals surface area contributed by atoms with E-state index in [4.69, 9.17) is 0 Å². The number of allylic oxidation sites excluding steroid dienone is 10. The largest absolute Gasteiger partial charge is 0.390 e. The quantitative estimate of drug-likeness (QED) is 0.211. The monoisotopic (exact) mass is 494 g/mol. The second-order valence-corrected chi connectivity index (χ2v) is 13.0. The zero-order chi connectivity index (χ0) is 26.8. The molecule has 0 heterocycles. The van der Waals surface area contributed by atoms with Crippen LogP contribution in [0.3, 0.4) is 0 Å². The highest BCUT2D eigenvalue weighted by Gasteiger charge is 2.67. The third-order valence-corrected chi connectivity index (χ3v) is 9.22. The zero-order valence-electron chi connectivity index (χ0n) is 25.2. The van der Waals surface area contributed by atoms with Crippen LogP contribution in [0, 0.1) is 17.3 Å². The molecule has 0 saturated heterocycles. The van der Waals surface area contributed by atoms with Crippen molar-refractivity contribution in [2.75, 3.05) is 0 Å². The zero-order valence-corrected chi connectivity index (χ0v) is 25.2. The molecule has 2 rings (SSSR count). The fourth-order valence-corrected chi connectivity index (χ4v) is 6.39. The Morgan fingerprint density at radius 1 is 0.694 bits per heavy atom. The van der Waals surface area contributed by atoms with E-state index in [0.717, 1.165) is 18.8 Å². The van der Waals surface area contributed by atoms with Gasteiger partial charge in [0, 0.05) is 0 Å². The van der Waals surface area contributed by atoms with Crippen LogP contribution in [-0.4, -0.2) is 10.7 Å². The van der Waals surface area contributed by atoms with Gasteiger partial charge in [-0.1, -0.05) is 65.2 Å². The van der Waals surface area contributed by atoms with Gasteiger partial charge in [-0.2, -0.15) is 0 Å². The van der Waals surface area contributed by atoms with Crippen LogP contribution in [0.5, 0.6) is 0 Å². The molecule has 204 valence electrons. The summed E-state index contributed by atoms with van der Waals surface area (Å²) >= 11 is 0. The van der Waals surface area contributed by atoms with Crippen molar-refractivity contribution in [2.24, 2.45) is 17.3 Å². The van der Waals surface area contributed by atoms with Gasteiger partial charge in [0.1, 0.15) is 0 Å². The SMILES string of the molecule is CC(C)=CCC/C(C)=C/CC/C(C)=C/CC/C(C)=C/CC/C(C)=C/CCC(C)C12CCC(C)(O)C1C2. The maximum Gasteiger partial charge on any atom is 0.0653 e. The molecule has 2 saturated carbocycles. The molecule has 4 atom stereocenters. The van der Waals surface area contributed by atoms with Crippen molar-refractivity contribution >= 4 is 0 Å². The van der Waals surface area contributed by atoms with E-state index in [1.165, 1.54) is 98.5 Å². The Kier molecular flexibility index (Phi) is 12.5. The van der Waals surface area contributed by atoms with Crippen molar-refractivity contribution in [1.29, 1.82) is 0 Å². The van der Waals surface area contributed by atoms with Crippen LogP contribution >= 0.6 is 0 Å². The highest BCUT2D eigenvalue weighted by atomic mass is 16.3. The lowest BCUT2D eigenvalue weighted by atomic mass is 9.84. The van der Waals surface area contributed by atoms with E-state index >= 15 is 0 Å². The van der Waals surface area contributed by atoms with Gasteiger partial charge in [0.05, 0.1) is 5.60 Å². The van der Waals surface area contributed by atoms with Gasteiger partial charge in [-0.3, -0.25) is 0 Å². The summed E-state index contributed by atoms with van der Waals surface area (Å²) in [5.74, 6) is 1.31. The maximum absolute atomic E-state index is 10.5. The summed E-state index contributed by atoms with van der Waals surface area (Å²) in [5.41, 5.74) is 7.63. The molecule has 1 N–H and O–H groups in total. The van der Waals surface area contributed by atoms with E-state index < -0.39 is 0 Å². The Balaban J connectivity index is 1.58. The average Bonchev–Trinajstić information content (AvgIpc) is 3.49. The van der Waals surface area contributed by atoms with Gasteiger partial charge in [-0.15, -0.1) is 0 Å². The van der Waals surface area contributed by atoms with Crippen LogP contribution in [0.1, 0.15) is 139 Å². The summed E-state index contributed by atoms with van der Waals surface area (Å²) in [4.78, 5) is 0. The molecule has 0 aromatic rings. The van der Waals surface area contributed by atoms with Gasteiger partial charge >= 0.3 is 0 Å².